The molecule has 1 heterocycles. The monoisotopic (exact) mass is 588 g/mol. The standard InChI is InChI=1S/C37H52N2O4/c1-22(2)31-26(41)18-37(29(42)17-24-19-38-21-39-20-24)16-15-35(7)25(32(31)37)9-10-28-34(6)13-12-30(43-23(3)40)33(4,5)27(34)11-14-36(28,35)8/h19-22,25,27-28,30H,9-18H2,1-8H3/t25-,27+,28-,30+,34+,35-,36-,37+/m1/s1. The van der Waals surface area contributed by atoms with Crippen LogP contribution in [0, 0.1) is 50.7 Å². The Hall–Kier alpha value is -2.37. The molecule has 0 unspecified atom stereocenters. The van der Waals surface area contributed by atoms with Crippen LogP contribution >= 0.6 is 0 Å². The highest BCUT2D eigenvalue weighted by atomic mass is 16.5. The molecule has 0 saturated heterocycles. The SMILES string of the molecule is CC(=O)O[C@H]1CC[C@]2(C)[C@H]3CC[C@@H]4C5=C(C(C)C)C(=O)C[C@]5(C(=O)Cc5cncnc5)CC[C@@]4(C)[C@]3(C)CC[C@H]2C1(C)C. The largest absolute Gasteiger partial charge is 0.462 e. The van der Waals surface area contributed by atoms with E-state index < -0.39 is 5.41 Å². The predicted molar refractivity (Wildman–Crippen MR) is 166 cm³/mol. The van der Waals surface area contributed by atoms with Crippen LogP contribution in [-0.4, -0.2) is 33.6 Å². The molecule has 0 bridgehead atoms. The zero-order valence-corrected chi connectivity index (χ0v) is 27.7. The minimum atomic E-state index is -0.689. The summed E-state index contributed by atoms with van der Waals surface area (Å²) in [4.78, 5) is 48.5. The Morgan fingerprint density at radius 3 is 2.26 bits per heavy atom. The summed E-state index contributed by atoms with van der Waals surface area (Å²) < 4.78 is 5.92. The van der Waals surface area contributed by atoms with Gasteiger partial charge in [-0.2, -0.15) is 0 Å². The van der Waals surface area contributed by atoms with Gasteiger partial charge in [0.15, 0.2) is 5.78 Å². The smallest absolute Gasteiger partial charge is 0.302 e. The molecule has 234 valence electrons. The molecule has 43 heavy (non-hydrogen) atoms. The summed E-state index contributed by atoms with van der Waals surface area (Å²) >= 11 is 0. The second-order valence-electron chi connectivity index (χ2n) is 16.6. The maximum Gasteiger partial charge on any atom is 0.302 e. The van der Waals surface area contributed by atoms with Crippen molar-refractivity contribution in [2.75, 3.05) is 0 Å². The number of esters is 1. The lowest BCUT2D eigenvalue weighted by Crippen LogP contribution is -2.66. The molecule has 6 rings (SSSR count). The van der Waals surface area contributed by atoms with Crippen molar-refractivity contribution < 1.29 is 19.1 Å². The summed E-state index contributed by atoms with van der Waals surface area (Å²) in [6.45, 7) is 18.1. The number of hydrogen-bond donors (Lipinski definition) is 0. The number of ketones is 2. The first-order valence-corrected chi connectivity index (χ1v) is 16.8. The number of allylic oxidation sites excluding steroid dienone is 2. The first-order valence-electron chi connectivity index (χ1n) is 16.8. The molecule has 4 fully saturated rings. The molecule has 0 radical (unpaired) electrons. The molecule has 0 aliphatic heterocycles. The Morgan fingerprint density at radius 1 is 0.907 bits per heavy atom. The molecule has 1 aromatic heterocycles. The van der Waals surface area contributed by atoms with Crippen molar-refractivity contribution in [3.05, 3.63) is 35.4 Å². The van der Waals surface area contributed by atoms with Crippen LogP contribution in [0.5, 0.6) is 0 Å². The van der Waals surface area contributed by atoms with Crippen LogP contribution < -0.4 is 0 Å². The molecular weight excluding hydrogens is 536 g/mol. The van der Waals surface area contributed by atoms with E-state index in [1.54, 1.807) is 19.3 Å². The lowest BCUT2D eigenvalue weighted by atomic mass is 9.33. The van der Waals surface area contributed by atoms with E-state index in [1.165, 1.54) is 11.9 Å². The van der Waals surface area contributed by atoms with Gasteiger partial charge in [-0.1, -0.05) is 48.5 Å². The van der Waals surface area contributed by atoms with E-state index in [2.05, 4.69) is 58.4 Å². The summed E-state index contributed by atoms with van der Waals surface area (Å²) in [6, 6.07) is 0. The van der Waals surface area contributed by atoms with Gasteiger partial charge in [-0.05, 0) is 108 Å². The molecule has 6 heteroatoms. The van der Waals surface area contributed by atoms with Crippen LogP contribution in [0.3, 0.4) is 0 Å². The third-order valence-electron chi connectivity index (χ3n) is 14.2. The van der Waals surface area contributed by atoms with Crippen molar-refractivity contribution in [2.24, 2.45) is 50.7 Å². The topological polar surface area (TPSA) is 86.2 Å². The highest BCUT2D eigenvalue weighted by molar-refractivity contribution is 6.07. The van der Waals surface area contributed by atoms with Crippen molar-refractivity contribution in [3.8, 4) is 0 Å². The first-order chi connectivity index (χ1) is 20.1. The number of nitrogens with zero attached hydrogens (tertiary/aromatic N) is 2. The van der Waals surface area contributed by atoms with Gasteiger partial charge in [0.25, 0.3) is 0 Å². The summed E-state index contributed by atoms with van der Waals surface area (Å²) in [5.41, 5.74) is 2.53. The van der Waals surface area contributed by atoms with E-state index in [9.17, 15) is 14.4 Å². The molecule has 6 nitrogen and oxygen atoms in total. The normalized spacial score (nSPS) is 41.7. The molecule has 0 spiro atoms. The Balaban J connectivity index is 1.39. The first kappa shape index (κ1) is 30.6. The van der Waals surface area contributed by atoms with Crippen LogP contribution in [0.4, 0.5) is 0 Å². The van der Waals surface area contributed by atoms with Crippen LogP contribution in [0.25, 0.3) is 0 Å². The van der Waals surface area contributed by atoms with Crippen molar-refractivity contribution in [3.63, 3.8) is 0 Å². The van der Waals surface area contributed by atoms with Gasteiger partial charge < -0.3 is 4.74 Å². The molecule has 0 aromatic carbocycles. The fourth-order valence-corrected chi connectivity index (χ4v) is 12.1. The fraction of sp³-hybridized carbons (Fsp3) is 0.757. The second kappa shape index (κ2) is 10.1. The van der Waals surface area contributed by atoms with E-state index in [0.29, 0.717) is 18.3 Å². The van der Waals surface area contributed by atoms with E-state index >= 15 is 0 Å². The van der Waals surface area contributed by atoms with E-state index in [4.69, 9.17) is 4.74 Å². The van der Waals surface area contributed by atoms with Crippen LogP contribution in [0.15, 0.2) is 29.9 Å². The minimum absolute atomic E-state index is 0.0144. The summed E-state index contributed by atoms with van der Waals surface area (Å²) in [5, 5.41) is 0. The molecule has 4 saturated carbocycles. The molecule has 1 aromatic rings. The number of hydrogen-bond acceptors (Lipinski definition) is 6. The molecule has 0 amide bonds. The zero-order valence-electron chi connectivity index (χ0n) is 27.7. The average Bonchev–Trinajstić information content (AvgIpc) is 3.24. The average molecular weight is 589 g/mol. The fourth-order valence-electron chi connectivity index (χ4n) is 12.1. The van der Waals surface area contributed by atoms with Gasteiger partial charge in [0, 0.05) is 37.6 Å². The van der Waals surface area contributed by atoms with Gasteiger partial charge >= 0.3 is 5.97 Å². The van der Waals surface area contributed by atoms with Crippen molar-refractivity contribution in [1.29, 1.82) is 0 Å². The van der Waals surface area contributed by atoms with Crippen molar-refractivity contribution in [2.45, 2.75) is 126 Å². The predicted octanol–water partition coefficient (Wildman–Crippen LogP) is 7.50. The highest BCUT2D eigenvalue weighted by Gasteiger charge is 2.70. The second-order valence-corrected chi connectivity index (χ2v) is 16.6. The Labute approximate surface area is 258 Å². The number of aromatic nitrogens is 2. The summed E-state index contributed by atoms with van der Waals surface area (Å²) in [7, 11) is 0. The summed E-state index contributed by atoms with van der Waals surface area (Å²) in [6.07, 6.45) is 13.7. The number of rotatable bonds is 5. The molecule has 0 N–H and O–H groups in total. The van der Waals surface area contributed by atoms with Gasteiger partial charge in [0.2, 0.25) is 0 Å². The lowest BCUT2D eigenvalue weighted by Gasteiger charge is -2.72. The third kappa shape index (κ3) is 4.20. The number of carbonyl (C=O) groups is 3. The van der Waals surface area contributed by atoms with Gasteiger partial charge in [0.1, 0.15) is 18.2 Å². The van der Waals surface area contributed by atoms with Crippen LogP contribution in [0.1, 0.15) is 119 Å². The van der Waals surface area contributed by atoms with Gasteiger partial charge in [0.05, 0.1) is 5.41 Å². The lowest BCUT2D eigenvalue weighted by molar-refractivity contribution is -0.232. The zero-order chi connectivity index (χ0) is 31.2. The Bertz CT molecular complexity index is 1370. The molecular formula is C37H52N2O4. The molecule has 8 atom stereocenters. The molecule has 5 aliphatic rings. The quantitative estimate of drug-likeness (QED) is 0.331. The van der Waals surface area contributed by atoms with E-state index in [0.717, 1.165) is 62.5 Å². The summed E-state index contributed by atoms with van der Waals surface area (Å²) in [5.74, 6) is 1.60. The van der Waals surface area contributed by atoms with Crippen LogP contribution in [0.2, 0.25) is 0 Å². The van der Waals surface area contributed by atoms with Gasteiger partial charge in [-0.3, -0.25) is 14.4 Å². The number of fused-ring (bicyclic) bond motifs is 7. The third-order valence-corrected chi connectivity index (χ3v) is 14.2. The number of carbonyl (C=O) groups excluding carboxylic acids is 3. The number of ether oxygens (including phenoxy) is 1. The van der Waals surface area contributed by atoms with Crippen molar-refractivity contribution >= 4 is 17.5 Å². The minimum Gasteiger partial charge on any atom is -0.462 e. The van der Waals surface area contributed by atoms with E-state index in [-0.39, 0.29) is 63.6 Å². The Kier molecular flexibility index (Phi) is 7.18. The maximum absolute atomic E-state index is 14.4. The molecule has 5 aliphatic carbocycles. The number of Topliss-reactive ketones (excluding diaryl/α,β-unsaturated/α-hetero) is 2. The van der Waals surface area contributed by atoms with Gasteiger partial charge in [-0.25, -0.2) is 9.97 Å². The van der Waals surface area contributed by atoms with Crippen LogP contribution in [-0.2, 0) is 25.5 Å². The van der Waals surface area contributed by atoms with Crippen molar-refractivity contribution in [1.82, 2.24) is 9.97 Å². The maximum atomic E-state index is 14.4. The highest BCUT2D eigenvalue weighted by Crippen LogP contribution is 2.76. The van der Waals surface area contributed by atoms with Gasteiger partial charge in [-0.15, -0.1) is 0 Å². The Morgan fingerprint density at radius 2 is 1.60 bits per heavy atom. The van der Waals surface area contributed by atoms with E-state index in [1.807, 2.05) is 0 Å².